The molecule has 0 radical (unpaired) electrons. The Balaban J connectivity index is 1.79. The number of carbonyl (C=O) groups is 1. The average molecular weight is 352 g/mol. The first-order valence-electron chi connectivity index (χ1n) is 7.55. The summed E-state index contributed by atoms with van der Waals surface area (Å²) in [6, 6.07) is 12.5. The summed E-state index contributed by atoms with van der Waals surface area (Å²) in [5.41, 5.74) is 2.97. The molecule has 2 N–H and O–H groups in total. The first kappa shape index (κ1) is 16.9. The topological polar surface area (TPSA) is 88.0 Å². The van der Waals surface area contributed by atoms with Gasteiger partial charge in [0, 0.05) is 30.6 Å². The predicted molar refractivity (Wildman–Crippen MR) is 97.8 cm³/mol. The molecular formula is C18H16N4O2S. The van der Waals surface area contributed by atoms with E-state index in [4.69, 9.17) is 5.11 Å². The molecule has 0 aliphatic heterocycles. The maximum atomic E-state index is 10.9. The van der Waals surface area contributed by atoms with Crippen molar-refractivity contribution in [3.8, 4) is 11.3 Å². The largest absolute Gasteiger partial charge is 0.478 e. The van der Waals surface area contributed by atoms with Crippen LogP contribution in [0.3, 0.4) is 0 Å². The molecule has 6 nitrogen and oxygen atoms in total. The molecule has 0 atom stereocenters. The van der Waals surface area contributed by atoms with Gasteiger partial charge in [0.05, 0.1) is 11.3 Å². The van der Waals surface area contributed by atoms with Crippen LogP contribution in [0.2, 0.25) is 0 Å². The molecular weight excluding hydrogens is 336 g/mol. The summed E-state index contributed by atoms with van der Waals surface area (Å²) >= 11 is 1.47. The maximum absolute atomic E-state index is 10.9. The number of aromatic carboxylic acids is 1. The van der Waals surface area contributed by atoms with Crippen molar-refractivity contribution >= 4 is 23.5 Å². The third kappa shape index (κ3) is 4.33. The molecule has 0 spiro atoms. The van der Waals surface area contributed by atoms with Crippen LogP contribution in [0.25, 0.3) is 11.3 Å². The van der Waals surface area contributed by atoms with Crippen molar-refractivity contribution in [2.75, 3.05) is 11.6 Å². The summed E-state index contributed by atoms with van der Waals surface area (Å²) in [6.07, 6.45) is 5.41. The molecule has 126 valence electrons. The number of hydrogen-bond donors (Lipinski definition) is 2. The Hall–Kier alpha value is -2.93. The van der Waals surface area contributed by atoms with Gasteiger partial charge in [-0.1, -0.05) is 23.9 Å². The van der Waals surface area contributed by atoms with Gasteiger partial charge in [-0.2, -0.15) is 0 Å². The molecule has 0 amide bonds. The normalized spacial score (nSPS) is 10.4. The van der Waals surface area contributed by atoms with E-state index in [2.05, 4.69) is 20.3 Å². The van der Waals surface area contributed by atoms with E-state index in [9.17, 15) is 4.79 Å². The van der Waals surface area contributed by atoms with Crippen molar-refractivity contribution < 1.29 is 9.90 Å². The Morgan fingerprint density at radius 2 is 2.00 bits per heavy atom. The highest BCUT2D eigenvalue weighted by Crippen LogP contribution is 2.22. The van der Waals surface area contributed by atoms with Crippen molar-refractivity contribution in [1.82, 2.24) is 15.0 Å². The fourth-order valence-electron chi connectivity index (χ4n) is 2.23. The lowest BCUT2D eigenvalue weighted by Crippen LogP contribution is -2.04. The van der Waals surface area contributed by atoms with Crippen molar-refractivity contribution in [3.63, 3.8) is 0 Å². The van der Waals surface area contributed by atoms with Gasteiger partial charge in [0.2, 0.25) is 0 Å². The zero-order chi connectivity index (χ0) is 17.6. The molecule has 0 saturated heterocycles. The average Bonchev–Trinajstić information content (AvgIpc) is 2.67. The van der Waals surface area contributed by atoms with Crippen LogP contribution in [0.4, 0.5) is 5.82 Å². The van der Waals surface area contributed by atoms with E-state index in [0.29, 0.717) is 17.5 Å². The Morgan fingerprint density at radius 1 is 1.20 bits per heavy atom. The predicted octanol–water partition coefficient (Wildman–Crippen LogP) is 3.57. The van der Waals surface area contributed by atoms with E-state index in [-0.39, 0.29) is 5.56 Å². The highest BCUT2D eigenvalue weighted by molar-refractivity contribution is 7.98. The van der Waals surface area contributed by atoms with Gasteiger partial charge in [-0.25, -0.2) is 14.8 Å². The Kier molecular flexibility index (Phi) is 5.25. The molecule has 0 unspecified atom stereocenters. The molecule has 7 heteroatoms. The monoisotopic (exact) mass is 352 g/mol. The first-order valence-corrected chi connectivity index (χ1v) is 8.78. The molecule has 0 aliphatic rings. The number of carboxylic acids is 1. The van der Waals surface area contributed by atoms with Gasteiger partial charge < -0.3 is 10.4 Å². The second-order valence-corrected chi connectivity index (χ2v) is 6.00. The molecule has 1 aromatic carbocycles. The number of thioether (sulfide) groups is 1. The van der Waals surface area contributed by atoms with Crippen LogP contribution in [0.5, 0.6) is 0 Å². The van der Waals surface area contributed by atoms with E-state index in [1.807, 2.05) is 24.5 Å². The number of pyridine rings is 1. The molecule has 3 rings (SSSR count). The van der Waals surface area contributed by atoms with E-state index < -0.39 is 5.97 Å². The number of benzene rings is 1. The quantitative estimate of drug-likeness (QED) is 0.518. The lowest BCUT2D eigenvalue weighted by Gasteiger charge is -2.09. The zero-order valence-electron chi connectivity index (χ0n) is 13.5. The van der Waals surface area contributed by atoms with Gasteiger partial charge in [-0.15, -0.1) is 0 Å². The third-order valence-corrected chi connectivity index (χ3v) is 4.07. The highest BCUT2D eigenvalue weighted by atomic mass is 32.2. The molecule has 25 heavy (non-hydrogen) atoms. The molecule has 0 fully saturated rings. The van der Waals surface area contributed by atoms with Gasteiger partial charge in [-0.3, -0.25) is 4.98 Å². The lowest BCUT2D eigenvalue weighted by molar-refractivity contribution is 0.0697. The molecule has 0 bridgehead atoms. The molecule has 2 aromatic heterocycles. The van der Waals surface area contributed by atoms with Crippen LogP contribution in [-0.4, -0.2) is 32.3 Å². The van der Waals surface area contributed by atoms with Crippen molar-refractivity contribution in [2.45, 2.75) is 11.7 Å². The van der Waals surface area contributed by atoms with Gasteiger partial charge >= 0.3 is 5.97 Å². The van der Waals surface area contributed by atoms with Crippen LogP contribution in [0, 0.1) is 0 Å². The number of nitrogens with zero attached hydrogens (tertiary/aromatic N) is 3. The van der Waals surface area contributed by atoms with Crippen LogP contribution >= 0.6 is 11.8 Å². The summed E-state index contributed by atoms with van der Waals surface area (Å²) in [5.74, 6) is -0.221. The van der Waals surface area contributed by atoms with E-state index in [1.54, 1.807) is 36.7 Å². The number of nitrogens with one attached hydrogen (secondary N) is 1. The number of anilines is 1. The van der Waals surface area contributed by atoms with Gasteiger partial charge in [-0.05, 0) is 36.1 Å². The van der Waals surface area contributed by atoms with E-state index in [1.165, 1.54) is 11.8 Å². The van der Waals surface area contributed by atoms with Gasteiger partial charge in [0.1, 0.15) is 5.82 Å². The Labute approximate surface area is 149 Å². The smallest absolute Gasteiger partial charge is 0.335 e. The standard InChI is InChI=1S/C18H16N4O2S/c1-25-18-21-15(14-3-2-8-19-11-14)9-16(22-18)20-10-12-4-6-13(7-5-12)17(23)24/h2-9,11H,10H2,1H3,(H,23,24)(H,20,21,22). The summed E-state index contributed by atoms with van der Waals surface area (Å²) in [7, 11) is 0. The Bertz CT molecular complexity index is 870. The minimum Gasteiger partial charge on any atom is -0.478 e. The van der Waals surface area contributed by atoms with Crippen LogP contribution in [0.1, 0.15) is 15.9 Å². The summed E-state index contributed by atoms with van der Waals surface area (Å²) < 4.78 is 0. The minimum absolute atomic E-state index is 0.273. The first-order chi connectivity index (χ1) is 12.2. The highest BCUT2D eigenvalue weighted by Gasteiger charge is 2.07. The maximum Gasteiger partial charge on any atom is 0.335 e. The Morgan fingerprint density at radius 3 is 2.64 bits per heavy atom. The van der Waals surface area contributed by atoms with Crippen LogP contribution < -0.4 is 5.32 Å². The van der Waals surface area contributed by atoms with Crippen LogP contribution in [-0.2, 0) is 6.54 Å². The molecule has 3 aromatic rings. The number of rotatable bonds is 6. The molecule has 0 saturated carbocycles. The van der Waals surface area contributed by atoms with Crippen molar-refractivity contribution in [2.24, 2.45) is 0 Å². The number of hydrogen-bond acceptors (Lipinski definition) is 6. The second kappa shape index (κ2) is 7.76. The zero-order valence-corrected chi connectivity index (χ0v) is 14.3. The molecule has 2 heterocycles. The molecule has 0 aliphatic carbocycles. The third-order valence-electron chi connectivity index (χ3n) is 3.52. The van der Waals surface area contributed by atoms with Crippen molar-refractivity contribution in [3.05, 3.63) is 66.0 Å². The number of aromatic nitrogens is 3. The lowest BCUT2D eigenvalue weighted by atomic mass is 10.1. The second-order valence-electron chi connectivity index (χ2n) is 5.22. The summed E-state index contributed by atoms with van der Waals surface area (Å²) in [4.78, 5) is 24.0. The summed E-state index contributed by atoms with van der Waals surface area (Å²) in [6.45, 7) is 0.539. The summed E-state index contributed by atoms with van der Waals surface area (Å²) in [5, 5.41) is 12.9. The van der Waals surface area contributed by atoms with Gasteiger partial charge in [0.15, 0.2) is 5.16 Å². The van der Waals surface area contributed by atoms with Gasteiger partial charge in [0.25, 0.3) is 0 Å². The SMILES string of the molecule is CSc1nc(NCc2ccc(C(=O)O)cc2)cc(-c2cccnc2)n1. The van der Waals surface area contributed by atoms with Crippen LogP contribution in [0.15, 0.2) is 60.0 Å². The number of carboxylic acid groups (broad SMARTS) is 1. The minimum atomic E-state index is -0.930. The fourth-order valence-corrected chi connectivity index (χ4v) is 2.61. The van der Waals surface area contributed by atoms with E-state index >= 15 is 0 Å². The fraction of sp³-hybridized carbons (Fsp3) is 0.111. The van der Waals surface area contributed by atoms with E-state index in [0.717, 1.165) is 16.8 Å². The van der Waals surface area contributed by atoms with Crippen molar-refractivity contribution in [1.29, 1.82) is 0 Å².